The van der Waals surface area contributed by atoms with Gasteiger partial charge in [0.2, 0.25) is 0 Å². The van der Waals surface area contributed by atoms with Crippen LogP contribution in [-0.2, 0) is 9.53 Å². The van der Waals surface area contributed by atoms with E-state index in [9.17, 15) is 4.79 Å². The number of rotatable bonds is 16. The first-order valence-electron chi connectivity index (χ1n) is 10.4. The van der Waals surface area contributed by atoms with Crippen LogP contribution in [0.25, 0.3) is 0 Å². The molecule has 0 aromatic heterocycles. The molecule has 0 aliphatic rings. The van der Waals surface area contributed by atoms with Crippen LogP contribution in [0.2, 0.25) is 0 Å². The quantitative estimate of drug-likeness (QED) is 0.168. The molecule has 0 fully saturated rings. The molecule has 0 aromatic carbocycles. The zero-order chi connectivity index (χ0) is 20.7. The van der Waals surface area contributed by atoms with Crippen LogP contribution in [0.3, 0.4) is 0 Å². The van der Waals surface area contributed by atoms with Gasteiger partial charge in [-0.05, 0) is 51.9 Å². The summed E-state index contributed by atoms with van der Waals surface area (Å²) in [5, 5.41) is 0. The minimum absolute atomic E-state index is 0.145. The molecule has 0 spiro atoms. The number of thiol groups is 1. The monoisotopic (exact) mass is 402 g/mol. The summed E-state index contributed by atoms with van der Waals surface area (Å²) in [6.45, 7) is 4.40. The van der Waals surface area contributed by atoms with Crippen LogP contribution in [0.15, 0.2) is 72.9 Å². The third-order valence-corrected chi connectivity index (χ3v) is 4.30. The summed E-state index contributed by atoms with van der Waals surface area (Å²) in [5.41, 5.74) is 0. The van der Waals surface area contributed by atoms with Crippen LogP contribution in [0, 0.1) is 5.92 Å². The van der Waals surface area contributed by atoms with E-state index in [4.69, 9.17) is 4.74 Å². The molecule has 1 atom stereocenters. The van der Waals surface area contributed by atoms with Gasteiger partial charge in [-0.25, -0.2) is 0 Å². The first kappa shape index (κ1) is 26.3. The zero-order valence-electron chi connectivity index (χ0n) is 17.6. The van der Waals surface area contributed by atoms with Gasteiger partial charge < -0.3 is 4.74 Å². The van der Waals surface area contributed by atoms with E-state index in [2.05, 4.69) is 86.4 Å². The summed E-state index contributed by atoms with van der Waals surface area (Å²) in [6, 6.07) is 0. The van der Waals surface area contributed by atoms with Crippen molar-refractivity contribution in [2.75, 3.05) is 12.4 Å². The molecule has 0 bridgehead atoms. The first-order chi connectivity index (χ1) is 13.8. The van der Waals surface area contributed by atoms with Crippen molar-refractivity contribution in [3.63, 3.8) is 0 Å². The van der Waals surface area contributed by atoms with Crippen LogP contribution in [0.4, 0.5) is 0 Å². The van der Waals surface area contributed by atoms with Crippen LogP contribution in [0.5, 0.6) is 0 Å². The normalized spacial score (nSPS) is 14.0. The lowest BCUT2D eigenvalue weighted by atomic mass is 10.1. The second kappa shape index (κ2) is 21.6. The maximum absolute atomic E-state index is 11.7. The van der Waals surface area contributed by atoms with Crippen LogP contribution < -0.4 is 0 Å². The summed E-state index contributed by atoms with van der Waals surface area (Å²) in [4.78, 5) is 11.7. The van der Waals surface area contributed by atoms with Crippen molar-refractivity contribution in [1.82, 2.24) is 0 Å². The average molecular weight is 403 g/mol. The summed E-state index contributed by atoms with van der Waals surface area (Å²) in [5.74, 6) is 0.218. The highest BCUT2D eigenvalue weighted by molar-refractivity contribution is 7.80. The van der Waals surface area contributed by atoms with Gasteiger partial charge in [-0.1, -0.05) is 79.8 Å². The Kier molecular flexibility index (Phi) is 20.2. The minimum Gasteiger partial charge on any atom is -0.466 e. The fraction of sp³-hybridized carbons (Fsp3) is 0.480. The van der Waals surface area contributed by atoms with Crippen LogP contribution in [-0.4, -0.2) is 18.3 Å². The van der Waals surface area contributed by atoms with Crippen molar-refractivity contribution in [2.45, 2.75) is 58.8 Å². The Bertz CT molecular complexity index is 539. The number of carbonyl (C=O) groups is 1. The van der Waals surface area contributed by atoms with Gasteiger partial charge >= 0.3 is 5.97 Å². The van der Waals surface area contributed by atoms with Crippen molar-refractivity contribution < 1.29 is 9.53 Å². The Morgan fingerprint density at radius 3 is 1.46 bits per heavy atom. The van der Waals surface area contributed by atoms with Gasteiger partial charge in [-0.15, -0.1) is 0 Å². The molecule has 0 saturated heterocycles. The van der Waals surface area contributed by atoms with E-state index in [0.29, 0.717) is 18.8 Å². The second-order valence-electron chi connectivity index (χ2n) is 6.28. The number of allylic oxidation sites excluding steroid dienone is 12. The molecule has 156 valence electrons. The number of carbonyl (C=O) groups excluding carboxylic acids is 1. The maximum atomic E-state index is 11.7. The number of esters is 1. The van der Waals surface area contributed by atoms with Gasteiger partial charge in [0, 0.05) is 5.75 Å². The van der Waals surface area contributed by atoms with Gasteiger partial charge in [0.1, 0.15) is 0 Å². The summed E-state index contributed by atoms with van der Waals surface area (Å²) in [6.07, 6.45) is 32.7. The Hall–Kier alpha value is -1.74. The molecular formula is C25H38O2S. The van der Waals surface area contributed by atoms with Crippen molar-refractivity contribution >= 4 is 18.6 Å². The molecule has 0 amide bonds. The molecule has 0 aliphatic carbocycles. The second-order valence-corrected chi connectivity index (χ2v) is 6.65. The lowest BCUT2D eigenvalue weighted by molar-refractivity contribution is -0.147. The van der Waals surface area contributed by atoms with Crippen LogP contribution >= 0.6 is 12.6 Å². The van der Waals surface area contributed by atoms with E-state index >= 15 is 0 Å². The van der Waals surface area contributed by atoms with Gasteiger partial charge in [0.25, 0.3) is 0 Å². The Labute approximate surface area is 178 Å². The van der Waals surface area contributed by atoms with Gasteiger partial charge in [-0.2, -0.15) is 12.6 Å². The van der Waals surface area contributed by atoms with Crippen molar-refractivity contribution in [1.29, 1.82) is 0 Å². The zero-order valence-corrected chi connectivity index (χ0v) is 18.5. The minimum atomic E-state index is -0.156. The third kappa shape index (κ3) is 17.7. The molecule has 0 radical (unpaired) electrons. The van der Waals surface area contributed by atoms with E-state index < -0.39 is 0 Å². The summed E-state index contributed by atoms with van der Waals surface area (Å²) in [7, 11) is 0. The molecule has 2 nitrogen and oxygen atoms in total. The number of hydrogen-bond acceptors (Lipinski definition) is 3. The fourth-order valence-electron chi connectivity index (χ4n) is 2.29. The molecule has 0 saturated carbocycles. The molecule has 0 aromatic rings. The van der Waals surface area contributed by atoms with Crippen LogP contribution in [0.1, 0.15) is 58.8 Å². The Morgan fingerprint density at radius 2 is 1.11 bits per heavy atom. The van der Waals surface area contributed by atoms with Crippen molar-refractivity contribution in [2.24, 2.45) is 5.92 Å². The summed E-state index contributed by atoms with van der Waals surface area (Å²) >= 11 is 4.22. The highest BCUT2D eigenvalue weighted by Crippen LogP contribution is 2.09. The predicted molar refractivity (Wildman–Crippen MR) is 127 cm³/mol. The number of hydrogen-bond donors (Lipinski definition) is 1. The third-order valence-electron chi connectivity index (χ3n) is 3.86. The maximum Gasteiger partial charge on any atom is 0.310 e. The molecule has 0 heterocycles. The highest BCUT2D eigenvalue weighted by atomic mass is 32.1. The van der Waals surface area contributed by atoms with E-state index in [-0.39, 0.29) is 11.9 Å². The standard InChI is InChI=1S/C25H38O2S/c1-3-5-6-7-8-9-10-11-12-13-14-15-16-17-18-19-20-21-22-24(23-28)25(26)27-4-2/h5-6,8-9,11-12,14-15,17-18,20-21,24,28H,3-4,7,10,13,16,19,22-23H2,1-2H3/b6-5-,9-8-,12-11-,15-14-,18-17-,21-20+. The molecule has 0 aliphatic heterocycles. The van der Waals surface area contributed by atoms with Crippen molar-refractivity contribution in [3.8, 4) is 0 Å². The fourth-order valence-corrected chi connectivity index (χ4v) is 2.59. The molecular weight excluding hydrogens is 364 g/mol. The van der Waals surface area contributed by atoms with Gasteiger partial charge in [0.15, 0.2) is 0 Å². The SMILES string of the molecule is CC/C=C\C/C=C\C/C=C\C/C=C\C/C=C\C/C=C/CC(CS)C(=O)OCC. The van der Waals surface area contributed by atoms with Crippen molar-refractivity contribution in [3.05, 3.63) is 72.9 Å². The molecule has 3 heteroatoms. The smallest absolute Gasteiger partial charge is 0.310 e. The Morgan fingerprint density at radius 1 is 0.714 bits per heavy atom. The first-order valence-corrected chi connectivity index (χ1v) is 11.1. The van der Waals surface area contributed by atoms with Gasteiger partial charge in [0.05, 0.1) is 12.5 Å². The highest BCUT2D eigenvalue weighted by Gasteiger charge is 2.15. The van der Waals surface area contributed by atoms with Gasteiger partial charge in [-0.3, -0.25) is 4.79 Å². The summed E-state index contributed by atoms with van der Waals surface area (Å²) < 4.78 is 5.03. The van der Waals surface area contributed by atoms with E-state index in [1.54, 1.807) is 0 Å². The lowest BCUT2D eigenvalue weighted by Gasteiger charge is -2.10. The predicted octanol–water partition coefficient (Wildman–Crippen LogP) is 7.18. The Balaban J connectivity index is 3.74. The van der Waals surface area contributed by atoms with E-state index in [0.717, 1.165) is 38.5 Å². The number of ether oxygens (including phenoxy) is 1. The van der Waals surface area contributed by atoms with E-state index in [1.165, 1.54) is 0 Å². The molecule has 0 rings (SSSR count). The molecule has 1 unspecified atom stereocenters. The lowest BCUT2D eigenvalue weighted by Crippen LogP contribution is -2.18. The average Bonchev–Trinajstić information content (AvgIpc) is 2.70. The topological polar surface area (TPSA) is 26.3 Å². The molecule has 0 N–H and O–H groups in total. The largest absolute Gasteiger partial charge is 0.466 e. The van der Waals surface area contributed by atoms with E-state index in [1.807, 2.05) is 13.0 Å². The molecule has 28 heavy (non-hydrogen) atoms.